The summed E-state index contributed by atoms with van der Waals surface area (Å²) in [5, 5.41) is 6.19. The Bertz CT molecular complexity index is 1030. The lowest BCUT2D eigenvalue weighted by Crippen LogP contribution is -2.42. The van der Waals surface area contributed by atoms with Gasteiger partial charge in [-0.15, -0.1) is 11.3 Å². The van der Waals surface area contributed by atoms with Crippen molar-refractivity contribution >= 4 is 17.4 Å². The van der Waals surface area contributed by atoms with Crippen LogP contribution in [0.25, 0.3) is 10.7 Å². The molecule has 2 aromatic heterocycles. The number of alkyl halides is 3. The average Bonchev–Trinajstić information content (AvgIpc) is 3.33. The second-order valence-corrected chi connectivity index (χ2v) is 7.57. The fraction of sp³-hybridized carbons (Fsp3) is 0.278. The normalized spacial score (nSPS) is 14.0. The van der Waals surface area contributed by atoms with Crippen LogP contribution in [0.4, 0.5) is 22.4 Å². The standard InChI is InChI=1S/C18H14F4N4O2S/c19-12-3-1-10(2-4-12)8-23-17(27)26-6-5-13-11(9-26)7-14(29-13)15-24-16(28-25-15)18(20,21)22/h1-4,7H,5-6,8-9H2,(H,23,27). The summed E-state index contributed by atoms with van der Waals surface area (Å²) in [6.07, 6.45) is -4.12. The lowest BCUT2D eigenvalue weighted by molar-refractivity contribution is -0.159. The van der Waals surface area contributed by atoms with Crippen LogP contribution < -0.4 is 5.32 Å². The van der Waals surface area contributed by atoms with Crippen LogP contribution in [0.3, 0.4) is 0 Å². The predicted octanol–water partition coefficient (Wildman–Crippen LogP) is 4.22. The molecule has 3 heterocycles. The first kappa shape index (κ1) is 19.4. The van der Waals surface area contributed by atoms with E-state index >= 15 is 0 Å². The van der Waals surface area contributed by atoms with E-state index in [-0.39, 0.29) is 24.2 Å². The largest absolute Gasteiger partial charge is 0.471 e. The van der Waals surface area contributed by atoms with Gasteiger partial charge in [-0.05, 0) is 35.7 Å². The number of amides is 2. The molecule has 1 N–H and O–H groups in total. The second kappa shape index (κ2) is 7.47. The third-order valence-electron chi connectivity index (χ3n) is 4.40. The number of benzene rings is 1. The zero-order valence-corrected chi connectivity index (χ0v) is 15.6. The van der Waals surface area contributed by atoms with Crippen LogP contribution in [-0.2, 0) is 25.7 Å². The summed E-state index contributed by atoms with van der Waals surface area (Å²) >= 11 is 1.29. The number of thiophene rings is 1. The van der Waals surface area contributed by atoms with Gasteiger partial charge in [-0.1, -0.05) is 17.3 Å². The maximum atomic E-state index is 12.9. The Morgan fingerprint density at radius 3 is 2.72 bits per heavy atom. The number of hydrogen-bond donors (Lipinski definition) is 1. The Balaban J connectivity index is 1.41. The van der Waals surface area contributed by atoms with Crippen LogP contribution in [0, 0.1) is 5.82 Å². The summed E-state index contributed by atoms with van der Waals surface area (Å²) < 4.78 is 55.1. The van der Waals surface area contributed by atoms with Crippen LogP contribution >= 0.6 is 11.3 Å². The lowest BCUT2D eigenvalue weighted by Gasteiger charge is -2.27. The van der Waals surface area contributed by atoms with Crippen molar-refractivity contribution in [2.24, 2.45) is 0 Å². The molecule has 0 saturated carbocycles. The van der Waals surface area contributed by atoms with Gasteiger partial charge in [0, 0.05) is 24.5 Å². The fourth-order valence-corrected chi connectivity index (χ4v) is 4.04. The summed E-state index contributed by atoms with van der Waals surface area (Å²) in [6.45, 7) is 1.06. The minimum Gasteiger partial charge on any atom is -0.334 e. The molecule has 0 spiro atoms. The fourth-order valence-electron chi connectivity index (χ4n) is 2.95. The minimum atomic E-state index is -4.69. The van der Waals surface area contributed by atoms with E-state index in [0.717, 1.165) is 16.0 Å². The van der Waals surface area contributed by atoms with Crippen LogP contribution in [0.1, 0.15) is 21.9 Å². The summed E-state index contributed by atoms with van der Waals surface area (Å²) in [4.78, 5) is 18.9. The zero-order valence-electron chi connectivity index (χ0n) is 14.8. The molecule has 0 atom stereocenters. The molecule has 0 bridgehead atoms. The minimum absolute atomic E-state index is 0.121. The molecule has 0 saturated heterocycles. The summed E-state index contributed by atoms with van der Waals surface area (Å²) in [5.74, 6) is -1.86. The topological polar surface area (TPSA) is 71.3 Å². The van der Waals surface area contributed by atoms with E-state index in [0.29, 0.717) is 24.4 Å². The van der Waals surface area contributed by atoms with Crippen LogP contribution in [0.2, 0.25) is 0 Å². The Hall–Kier alpha value is -2.95. The number of carbonyl (C=O) groups is 1. The first-order chi connectivity index (χ1) is 13.8. The maximum absolute atomic E-state index is 12.9. The molecule has 4 rings (SSSR count). The predicted molar refractivity (Wildman–Crippen MR) is 95.4 cm³/mol. The molecule has 0 radical (unpaired) electrons. The highest BCUT2D eigenvalue weighted by Gasteiger charge is 2.38. The number of nitrogens with zero attached hydrogens (tertiary/aromatic N) is 3. The van der Waals surface area contributed by atoms with Crippen molar-refractivity contribution < 1.29 is 26.9 Å². The van der Waals surface area contributed by atoms with E-state index in [1.807, 2.05) is 0 Å². The quantitative estimate of drug-likeness (QED) is 0.637. The Labute approximate surface area is 166 Å². The van der Waals surface area contributed by atoms with Gasteiger partial charge in [-0.2, -0.15) is 18.2 Å². The van der Waals surface area contributed by atoms with E-state index in [1.54, 1.807) is 23.1 Å². The molecular formula is C18H14F4N4O2S. The molecule has 0 unspecified atom stereocenters. The van der Waals surface area contributed by atoms with Crippen molar-refractivity contribution in [1.82, 2.24) is 20.4 Å². The molecule has 6 nitrogen and oxygen atoms in total. The molecule has 3 aromatic rings. The number of aromatic nitrogens is 2. The molecule has 0 aliphatic carbocycles. The van der Waals surface area contributed by atoms with Crippen LogP contribution in [0.5, 0.6) is 0 Å². The van der Waals surface area contributed by atoms with E-state index in [2.05, 4.69) is 20.0 Å². The van der Waals surface area contributed by atoms with Crippen LogP contribution in [-0.4, -0.2) is 27.6 Å². The highest BCUT2D eigenvalue weighted by atomic mass is 32.1. The molecule has 0 fully saturated rings. The van der Waals surface area contributed by atoms with E-state index in [9.17, 15) is 22.4 Å². The van der Waals surface area contributed by atoms with Gasteiger partial charge in [0.1, 0.15) is 5.82 Å². The molecule has 29 heavy (non-hydrogen) atoms. The number of carbonyl (C=O) groups excluding carboxylic acids is 1. The SMILES string of the molecule is O=C(NCc1ccc(F)cc1)N1CCc2sc(-c3noc(C(F)(F)F)n3)cc2C1. The first-order valence-electron chi connectivity index (χ1n) is 8.59. The third-order valence-corrected chi connectivity index (χ3v) is 5.63. The summed E-state index contributed by atoms with van der Waals surface area (Å²) in [7, 11) is 0. The monoisotopic (exact) mass is 426 g/mol. The van der Waals surface area contributed by atoms with Crippen molar-refractivity contribution in [1.29, 1.82) is 0 Å². The van der Waals surface area contributed by atoms with Crippen molar-refractivity contribution in [3.05, 3.63) is 58.0 Å². The van der Waals surface area contributed by atoms with Gasteiger partial charge in [-0.3, -0.25) is 0 Å². The molecule has 1 aromatic carbocycles. The highest BCUT2D eigenvalue weighted by molar-refractivity contribution is 7.15. The van der Waals surface area contributed by atoms with Crippen LogP contribution in [0.15, 0.2) is 34.9 Å². The van der Waals surface area contributed by atoms with E-state index < -0.39 is 12.1 Å². The smallest absolute Gasteiger partial charge is 0.334 e. The number of urea groups is 1. The third kappa shape index (κ3) is 4.24. The van der Waals surface area contributed by atoms with Gasteiger partial charge in [0.2, 0.25) is 5.82 Å². The van der Waals surface area contributed by atoms with E-state index in [1.165, 1.54) is 23.5 Å². The lowest BCUT2D eigenvalue weighted by atomic mass is 10.1. The van der Waals surface area contributed by atoms with Gasteiger partial charge in [0.15, 0.2) is 0 Å². The van der Waals surface area contributed by atoms with Gasteiger partial charge in [0.05, 0.1) is 4.88 Å². The zero-order chi connectivity index (χ0) is 20.6. The van der Waals surface area contributed by atoms with Gasteiger partial charge in [-0.25, -0.2) is 9.18 Å². The number of nitrogens with one attached hydrogen (secondary N) is 1. The maximum Gasteiger partial charge on any atom is 0.471 e. The molecule has 1 aliphatic rings. The average molecular weight is 426 g/mol. The summed E-state index contributed by atoms with van der Waals surface area (Å²) in [5.41, 5.74) is 1.61. The van der Waals surface area contributed by atoms with Crippen molar-refractivity contribution in [2.75, 3.05) is 6.54 Å². The van der Waals surface area contributed by atoms with Crippen molar-refractivity contribution in [3.63, 3.8) is 0 Å². The Morgan fingerprint density at radius 2 is 2.03 bits per heavy atom. The number of halogens is 4. The number of rotatable bonds is 3. The summed E-state index contributed by atoms with van der Waals surface area (Å²) in [6, 6.07) is 7.24. The second-order valence-electron chi connectivity index (χ2n) is 6.44. The van der Waals surface area contributed by atoms with Gasteiger partial charge < -0.3 is 14.7 Å². The molecule has 11 heteroatoms. The number of fused-ring (bicyclic) bond motifs is 1. The van der Waals surface area contributed by atoms with Gasteiger partial charge >= 0.3 is 18.1 Å². The van der Waals surface area contributed by atoms with Gasteiger partial charge in [0.25, 0.3) is 0 Å². The highest BCUT2D eigenvalue weighted by Crippen LogP contribution is 2.35. The molecule has 152 valence electrons. The Morgan fingerprint density at radius 1 is 1.28 bits per heavy atom. The molecular weight excluding hydrogens is 412 g/mol. The molecule has 2 amide bonds. The number of hydrogen-bond acceptors (Lipinski definition) is 5. The van der Waals surface area contributed by atoms with E-state index in [4.69, 9.17) is 0 Å². The first-order valence-corrected chi connectivity index (χ1v) is 9.41. The molecule has 1 aliphatic heterocycles. The van der Waals surface area contributed by atoms with Crippen molar-refractivity contribution in [3.8, 4) is 10.7 Å². The van der Waals surface area contributed by atoms with Crippen molar-refractivity contribution in [2.45, 2.75) is 25.7 Å². The Kier molecular flexibility index (Phi) is 4.99.